The predicted octanol–water partition coefficient (Wildman–Crippen LogP) is 3.41. The van der Waals surface area contributed by atoms with Crippen LogP contribution in [-0.2, 0) is 11.2 Å². The SMILES string of the molecule is CCc1cc(=O)[nH]c(SC(C)C(=O)Nc2cc(Cl)ccc2C)n1. The number of aromatic nitrogens is 2. The highest BCUT2D eigenvalue weighted by atomic mass is 35.5. The summed E-state index contributed by atoms with van der Waals surface area (Å²) in [5, 5.41) is 3.44. The predicted molar refractivity (Wildman–Crippen MR) is 94.4 cm³/mol. The van der Waals surface area contributed by atoms with Crippen LogP contribution >= 0.6 is 23.4 Å². The smallest absolute Gasteiger partial charge is 0.251 e. The number of carbonyl (C=O) groups is 1. The number of hydrogen-bond donors (Lipinski definition) is 2. The minimum absolute atomic E-state index is 0.176. The summed E-state index contributed by atoms with van der Waals surface area (Å²) in [7, 11) is 0. The van der Waals surface area contributed by atoms with Crippen LogP contribution in [-0.4, -0.2) is 21.1 Å². The number of benzene rings is 1. The number of H-pyrrole nitrogens is 1. The molecule has 0 aliphatic carbocycles. The normalized spacial score (nSPS) is 12.0. The number of nitrogens with zero attached hydrogens (tertiary/aromatic N) is 1. The maximum absolute atomic E-state index is 12.3. The molecule has 2 N–H and O–H groups in total. The molecule has 0 fully saturated rings. The zero-order valence-electron chi connectivity index (χ0n) is 13.1. The van der Waals surface area contributed by atoms with Gasteiger partial charge in [-0.1, -0.05) is 36.4 Å². The molecule has 1 aromatic heterocycles. The van der Waals surface area contributed by atoms with Crippen LogP contribution < -0.4 is 10.9 Å². The van der Waals surface area contributed by atoms with Crippen LogP contribution in [0.2, 0.25) is 5.02 Å². The molecule has 0 saturated heterocycles. The number of hydrogen-bond acceptors (Lipinski definition) is 4. The second-order valence-corrected chi connectivity index (χ2v) is 6.87. The standard InChI is InChI=1S/C16H18ClN3O2S/c1-4-12-8-14(21)20-16(18-12)23-10(3)15(22)19-13-7-11(17)6-5-9(13)2/h5-8,10H,4H2,1-3H3,(H,19,22)(H,18,20,21). The van der Waals surface area contributed by atoms with Crippen molar-refractivity contribution in [3.05, 3.63) is 50.9 Å². The Kier molecular flexibility index (Phi) is 5.85. The van der Waals surface area contributed by atoms with Gasteiger partial charge in [0, 0.05) is 22.5 Å². The molecule has 0 saturated carbocycles. The first-order valence-corrected chi connectivity index (χ1v) is 8.48. The van der Waals surface area contributed by atoms with E-state index in [1.54, 1.807) is 19.1 Å². The topological polar surface area (TPSA) is 74.8 Å². The molecule has 2 aromatic rings. The molecule has 1 aromatic carbocycles. The summed E-state index contributed by atoms with van der Waals surface area (Å²) < 4.78 is 0. The fourth-order valence-electron chi connectivity index (χ4n) is 1.90. The van der Waals surface area contributed by atoms with Gasteiger partial charge < -0.3 is 10.3 Å². The lowest BCUT2D eigenvalue weighted by Crippen LogP contribution is -2.23. The molecule has 5 nitrogen and oxygen atoms in total. The Morgan fingerprint density at radius 3 is 2.87 bits per heavy atom. The molecule has 0 bridgehead atoms. The van der Waals surface area contributed by atoms with Gasteiger partial charge in [0.05, 0.1) is 5.25 Å². The highest BCUT2D eigenvalue weighted by Crippen LogP contribution is 2.23. The van der Waals surface area contributed by atoms with Gasteiger partial charge in [-0.15, -0.1) is 0 Å². The first-order valence-electron chi connectivity index (χ1n) is 7.23. The molecule has 1 heterocycles. The van der Waals surface area contributed by atoms with Crippen molar-refractivity contribution in [2.45, 2.75) is 37.6 Å². The maximum atomic E-state index is 12.3. The van der Waals surface area contributed by atoms with Crippen molar-refractivity contribution in [3.8, 4) is 0 Å². The second kappa shape index (κ2) is 7.66. The number of amides is 1. The van der Waals surface area contributed by atoms with Crippen LogP contribution in [0, 0.1) is 6.92 Å². The molecule has 0 aliphatic rings. The number of aryl methyl sites for hydroxylation is 2. The van der Waals surface area contributed by atoms with Crippen LogP contribution in [0.3, 0.4) is 0 Å². The summed E-state index contributed by atoms with van der Waals surface area (Å²) in [6.07, 6.45) is 0.666. The van der Waals surface area contributed by atoms with Crippen LogP contribution in [0.5, 0.6) is 0 Å². The summed E-state index contributed by atoms with van der Waals surface area (Å²) in [6.45, 7) is 5.58. The Morgan fingerprint density at radius 1 is 1.43 bits per heavy atom. The number of aromatic amines is 1. The molecular weight excluding hydrogens is 334 g/mol. The number of nitrogens with one attached hydrogen (secondary N) is 2. The van der Waals surface area contributed by atoms with Crippen molar-refractivity contribution >= 4 is 35.0 Å². The van der Waals surface area contributed by atoms with Crippen molar-refractivity contribution < 1.29 is 4.79 Å². The lowest BCUT2D eigenvalue weighted by Gasteiger charge is -2.13. The summed E-state index contributed by atoms with van der Waals surface area (Å²) in [4.78, 5) is 30.9. The van der Waals surface area contributed by atoms with E-state index >= 15 is 0 Å². The van der Waals surface area contributed by atoms with Crippen LogP contribution in [0.25, 0.3) is 0 Å². The molecular formula is C16H18ClN3O2S. The van der Waals surface area contributed by atoms with Gasteiger partial charge >= 0.3 is 0 Å². The van der Waals surface area contributed by atoms with Gasteiger partial charge in [-0.05, 0) is 38.0 Å². The quantitative estimate of drug-likeness (QED) is 0.639. The van der Waals surface area contributed by atoms with E-state index in [2.05, 4.69) is 15.3 Å². The molecule has 2 rings (SSSR count). The highest BCUT2D eigenvalue weighted by molar-refractivity contribution is 8.00. The van der Waals surface area contributed by atoms with Gasteiger partial charge in [-0.3, -0.25) is 9.59 Å². The monoisotopic (exact) mass is 351 g/mol. The fourth-order valence-corrected chi connectivity index (χ4v) is 2.91. The van der Waals surface area contributed by atoms with Gasteiger partial charge in [-0.2, -0.15) is 0 Å². The van der Waals surface area contributed by atoms with Gasteiger partial charge in [0.1, 0.15) is 0 Å². The van der Waals surface area contributed by atoms with E-state index in [0.29, 0.717) is 28.0 Å². The Hall–Kier alpha value is -1.79. The van der Waals surface area contributed by atoms with Crippen molar-refractivity contribution in [3.63, 3.8) is 0 Å². The van der Waals surface area contributed by atoms with E-state index in [1.807, 2.05) is 19.9 Å². The van der Waals surface area contributed by atoms with Crippen LogP contribution in [0.1, 0.15) is 25.1 Å². The zero-order valence-corrected chi connectivity index (χ0v) is 14.7. The molecule has 0 aliphatic heterocycles. The minimum Gasteiger partial charge on any atom is -0.325 e. The van der Waals surface area contributed by atoms with Crippen molar-refractivity contribution in [2.75, 3.05) is 5.32 Å². The molecule has 23 heavy (non-hydrogen) atoms. The first kappa shape index (κ1) is 17.6. The number of rotatable bonds is 5. The Balaban J connectivity index is 2.09. The van der Waals surface area contributed by atoms with E-state index in [0.717, 1.165) is 5.56 Å². The largest absolute Gasteiger partial charge is 0.325 e. The van der Waals surface area contributed by atoms with E-state index in [9.17, 15) is 9.59 Å². The number of halogens is 1. The lowest BCUT2D eigenvalue weighted by atomic mass is 10.2. The average molecular weight is 352 g/mol. The van der Waals surface area contributed by atoms with E-state index in [1.165, 1.54) is 17.8 Å². The van der Waals surface area contributed by atoms with E-state index in [4.69, 9.17) is 11.6 Å². The van der Waals surface area contributed by atoms with Crippen molar-refractivity contribution in [1.82, 2.24) is 9.97 Å². The molecule has 1 amide bonds. The molecule has 1 unspecified atom stereocenters. The Labute approximate surface area is 143 Å². The first-order chi connectivity index (χ1) is 10.9. The number of thioether (sulfide) groups is 1. The minimum atomic E-state index is -0.413. The van der Waals surface area contributed by atoms with E-state index < -0.39 is 5.25 Å². The molecule has 122 valence electrons. The highest BCUT2D eigenvalue weighted by Gasteiger charge is 2.17. The summed E-state index contributed by atoms with van der Waals surface area (Å²) in [6, 6.07) is 6.79. The molecule has 0 radical (unpaired) electrons. The summed E-state index contributed by atoms with van der Waals surface area (Å²) >= 11 is 7.17. The third-order valence-electron chi connectivity index (χ3n) is 3.25. The lowest BCUT2D eigenvalue weighted by molar-refractivity contribution is -0.115. The summed E-state index contributed by atoms with van der Waals surface area (Å²) in [5.41, 5.74) is 2.10. The molecule has 1 atom stereocenters. The Morgan fingerprint density at radius 2 is 2.17 bits per heavy atom. The molecule has 0 spiro atoms. The van der Waals surface area contributed by atoms with Crippen LogP contribution in [0.15, 0.2) is 34.2 Å². The van der Waals surface area contributed by atoms with Crippen molar-refractivity contribution in [1.29, 1.82) is 0 Å². The third kappa shape index (κ3) is 4.84. The van der Waals surface area contributed by atoms with Crippen LogP contribution in [0.4, 0.5) is 5.69 Å². The zero-order chi connectivity index (χ0) is 17.0. The third-order valence-corrected chi connectivity index (χ3v) is 4.47. The fraction of sp³-hybridized carbons (Fsp3) is 0.312. The van der Waals surface area contributed by atoms with Gasteiger partial charge in [0.25, 0.3) is 5.56 Å². The Bertz CT molecular complexity index is 776. The number of anilines is 1. The second-order valence-electron chi connectivity index (χ2n) is 5.10. The number of carbonyl (C=O) groups excluding carboxylic acids is 1. The van der Waals surface area contributed by atoms with Crippen molar-refractivity contribution in [2.24, 2.45) is 0 Å². The maximum Gasteiger partial charge on any atom is 0.251 e. The van der Waals surface area contributed by atoms with Gasteiger partial charge in [-0.25, -0.2) is 4.98 Å². The van der Waals surface area contributed by atoms with Gasteiger partial charge in [0.2, 0.25) is 5.91 Å². The average Bonchev–Trinajstić information content (AvgIpc) is 2.50. The molecule has 7 heteroatoms. The van der Waals surface area contributed by atoms with Gasteiger partial charge in [0.15, 0.2) is 5.16 Å². The summed E-state index contributed by atoms with van der Waals surface area (Å²) in [5.74, 6) is -0.176. The van der Waals surface area contributed by atoms with E-state index in [-0.39, 0.29) is 11.5 Å².